The van der Waals surface area contributed by atoms with Crippen molar-refractivity contribution in [2.75, 3.05) is 13.1 Å². The first kappa shape index (κ1) is 15.9. The molecule has 0 unspecified atom stereocenters. The van der Waals surface area contributed by atoms with Gasteiger partial charge in [0.05, 0.1) is 0 Å². The lowest BCUT2D eigenvalue weighted by molar-refractivity contribution is -0.141. The zero-order valence-corrected chi connectivity index (χ0v) is 12.8. The van der Waals surface area contributed by atoms with Crippen molar-refractivity contribution < 1.29 is 13.2 Å². The van der Waals surface area contributed by atoms with E-state index < -0.39 is 11.9 Å². The van der Waals surface area contributed by atoms with Gasteiger partial charge in [-0.15, -0.1) is 0 Å². The number of halogens is 3. The lowest BCUT2D eigenvalue weighted by Crippen LogP contribution is -2.23. The van der Waals surface area contributed by atoms with E-state index in [-0.39, 0.29) is 11.9 Å². The zero-order valence-electron chi connectivity index (χ0n) is 12.8. The molecule has 2 heterocycles. The summed E-state index contributed by atoms with van der Waals surface area (Å²) in [5.41, 5.74) is 0.769. The van der Waals surface area contributed by atoms with Crippen LogP contribution in [0.4, 0.5) is 13.2 Å². The molecule has 2 aromatic rings. The van der Waals surface area contributed by atoms with Crippen LogP contribution in [0, 0.1) is 0 Å². The van der Waals surface area contributed by atoms with Crippen LogP contribution in [0.25, 0.3) is 11.4 Å². The summed E-state index contributed by atoms with van der Waals surface area (Å²) in [6.45, 7) is 4.24. The fourth-order valence-corrected chi connectivity index (χ4v) is 2.93. The molecule has 23 heavy (non-hydrogen) atoms. The highest BCUT2D eigenvalue weighted by Crippen LogP contribution is 2.30. The van der Waals surface area contributed by atoms with Crippen LogP contribution in [0.1, 0.15) is 37.1 Å². The molecule has 0 aliphatic carbocycles. The van der Waals surface area contributed by atoms with Crippen LogP contribution < -0.4 is 0 Å². The van der Waals surface area contributed by atoms with Gasteiger partial charge in [0, 0.05) is 17.8 Å². The molecule has 0 saturated carbocycles. The fraction of sp³-hybridized carbons (Fsp3) is 0.412. The molecule has 1 aliphatic rings. The molecule has 1 aromatic heterocycles. The maximum absolute atomic E-state index is 12.8. The molecule has 122 valence electrons. The highest BCUT2D eigenvalue weighted by atomic mass is 19.4. The largest absolute Gasteiger partial charge is 0.433 e. The average molecular weight is 321 g/mol. The summed E-state index contributed by atoms with van der Waals surface area (Å²) in [4.78, 5) is 10.0. The summed E-state index contributed by atoms with van der Waals surface area (Å²) >= 11 is 0. The smallest absolute Gasteiger partial charge is 0.297 e. The minimum Gasteiger partial charge on any atom is -0.297 e. The van der Waals surface area contributed by atoms with Gasteiger partial charge in [-0.05, 0) is 50.6 Å². The topological polar surface area (TPSA) is 29.0 Å². The third-order valence-electron chi connectivity index (χ3n) is 4.26. The van der Waals surface area contributed by atoms with Gasteiger partial charge in [0.2, 0.25) is 0 Å². The van der Waals surface area contributed by atoms with Crippen LogP contribution in [0.5, 0.6) is 0 Å². The molecular weight excluding hydrogens is 303 g/mol. The Labute approximate surface area is 133 Å². The van der Waals surface area contributed by atoms with Crippen LogP contribution in [-0.2, 0) is 6.18 Å². The number of hydrogen-bond donors (Lipinski definition) is 0. The van der Waals surface area contributed by atoms with Crippen molar-refractivity contribution in [3.63, 3.8) is 0 Å². The second-order valence-electron chi connectivity index (χ2n) is 5.81. The van der Waals surface area contributed by atoms with Crippen molar-refractivity contribution in [2.24, 2.45) is 0 Å². The van der Waals surface area contributed by atoms with Gasteiger partial charge in [-0.3, -0.25) is 4.90 Å². The molecule has 3 rings (SSSR count). The summed E-state index contributed by atoms with van der Waals surface area (Å²) in [5.74, 6) is 0.107. The van der Waals surface area contributed by atoms with Crippen LogP contribution in [0.15, 0.2) is 36.5 Å². The number of aromatic nitrogens is 2. The summed E-state index contributed by atoms with van der Waals surface area (Å²) < 4.78 is 38.4. The molecule has 1 aliphatic heterocycles. The minimum atomic E-state index is -4.46. The Morgan fingerprint density at radius 1 is 1.13 bits per heavy atom. The Morgan fingerprint density at radius 2 is 1.87 bits per heavy atom. The summed E-state index contributed by atoms with van der Waals surface area (Å²) in [7, 11) is 0. The first-order valence-electron chi connectivity index (χ1n) is 7.70. The van der Waals surface area contributed by atoms with Crippen molar-refractivity contribution in [3.05, 3.63) is 47.8 Å². The van der Waals surface area contributed by atoms with Crippen LogP contribution >= 0.6 is 0 Å². The molecule has 0 N–H and O–H groups in total. The van der Waals surface area contributed by atoms with Gasteiger partial charge in [0.25, 0.3) is 0 Å². The number of nitrogens with zero attached hydrogens (tertiary/aromatic N) is 3. The van der Waals surface area contributed by atoms with E-state index in [9.17, 15) is 13.2 Å². The molecule has 1 saturated heterocycles. The molecule has 0 amide bonds. The van der Waals surface area contributed by atoms with Gasteiger partial charge in [0.15, 0.2) is 5.82 Å². The Morgan fingerprint density at radius 3 is 2.57 bits per heavy atom. The summed E-state index contributed by atoms with van der Waals surface area (Å²) in [5, 5.41) is 0. The molecule has 0 spiro atoms. The Hall–Kier alpha value is -1.95. The van der Waals surface area contributed by atoms with E-state index in [0.717, 1.165) is 30.9 Å². The van der Waals surface area contributed by atoms with Gasteiger partial charge < -0.3 is 0 Å². The quantitative estimate of drug-likeness (QED) is 0.843. The third kappa shape index (κ3) is 3.52. The number of benzene rings is 1. The van der Waals surface area contributed by atoms with E-state index in [1.54, 1.807) is 6.07 Å². The van der Waals surface area contributed by atoms with Crippen molar-refractivity contribution in [1.29, 1.82) is 0 Å². The minimum absolute atomic E-state index is 0.107. The van der Waals surface area contributed by atoms with Crippen LogP contribution in [0.3, 0.4) is 0 Å². The highest BCUT2D eigenvalue weighted by Gasteiger charge is 2.32. The van der Waals surface area contributed by atoms with Crippen LogP contribution in [0.2, 0.25) is 0 Å². The van der Waals surface area contributed by atoms with Crippen molar-refractivity contribution in [1.82, 2.24) is 14.9 Å². The van der Waals surface area contributed by atoms with Crippen LogP contribution in [-0.4, -0.2) is 28.0 Å². The van der Waals surface area contributed by atoms with E-state index in [1.807, 2.05) is 18.2 Å². The first-order valence-corrected chi connectivity index (χ1v) is 7.70. The molecule has 0 bridgehead atoms. The predicted octanol–water partition coefficient (Wildman–Crippen LogP) is 4.32. The maximum atomic E-state index is 12.8. The SMILES string of the molecule is C[C@H](c1cccc(-c2nccc(C(F)(F)F)n2)c1)N1CCCC1. The fourth-order valence-electron chi connectivity index (χ4n) is 2.93. The number of rotatable bonds is 3. The normalized spacial score (nSPS) is 17.4. The molecule has 0 radical (unpaired) electrons. The van der Waals surface area contributed by atoms with Gasteiger partial charge >= 0.3 is 6.18 Å². The molecule has 1 fully saturated rings. The zero-order chi connectivity index (χ0) is 16.4. The number of alkyl halides is 3. The van der Waals surface area contributed by atoms with Gasteiger partial charge in [-0.1, -0.05) is 18.2 Å². The molecule has 3 nitrogen and oxygen atoms in total. The predicted molar refractivity (Wildman–Crippen MR) is 81.7 cm³/mol. The van der Waals surface area contributed by atoms with Crippen molar-refractivity contribution in [3.8, 4) is 11.4 Å². The van der Waals surface area contributed by atoms with Gasteiger partial charge in [0.1, 0.15) is 5.69 Å². The molecule has 6 heteroatoms. The average Bonchev–Trinajstić information content (AvgIpc) is 3.08. The maximum Gasteiger partial charge on any atom is 0.433 e. The number of likely N-dealkylation sites (tertiary alicyclic amines) is 1. The van der Waals surface area contributed by atoms with Crippen molar-refractivity contribution in [2.45, 2.75) is 32.0 Å². The second kappa shape index (κ2) is 6.28. The Bertz CT molecular complexity index is 679. The third-order valence-corrected chi connectivity index (χ3v) is 4.26. The first-order chi connectivity index (χ1) is 10.9. The monoisotopic (exact) mass is 321 g/mol. The highest BCUT2D eigenvalue weighted by molar-refractivity contribution is 5.56. The number of hydrogen-bond acceptors (Lipinski definition) is 3. The van der Waals surface area contributed by atoms with E-state index in [4.69, 9.17) is 0 Å². The Balaban J connectivity index is 1.90. The van der Waals surface area contributed by atoms with E-state index in [2.05, 4.69) is 21.8 Å². The van der Waals surface area contributed by atoms with E-state index in [1.165, 1.54) is 12.8 Å². The van der Waals surface area contributed by atoms with E-state index in [0.29, 0.717) is 5.56 Å². The van der Waals surface area contributed by atoms with Crippen molar-refractivity contribution >= 4 is 0 Å². The lowest BCUT2D eigenvalue weighted by atomic mass is 10.0. The van der Waals surface area contributed by atoms with E-state index >= 15 is 0 Å². The standard InChI is InChI=1S/C17H18F3N3/c1-12(23-9-2-3-10-23)13-5-4-6-14(11-13)16-21-8-7-15(22-16)17(18,19)20/h4-8,11-12H,2-3,9-10H2,1H3/t12-/m1/s1. The molecular formula is C17H18F3N3. The second-order valence-corrected chi connectivity index (χ2v) is 5.81. The molecule has 1 aromatic carbocycles. The summed E-state index contributed by atoms with van der Waals surface area (Å²) in [6.07, 6.45) is -0.915. The van der Waals surface area contributed by atoms with Gasteiger partial charge in [-0.25, -0.2) is 9.97 Å². The summed E-state index contributed by atoms with van der Waals surface area (Å²) in [6, 6.07) is 8.61. The molecule has 1 atom stereocenters. The Kier molecular flexibility index (Phi) is 4.35. The lowest BCUT2D eigenvalue weighted by Gasteiger charge is -2.24. The van der Waals surface area contributed by atoms with Gasteiger partial charge in [-0.2, -0.15) is 13.2 Å².